The number of nitrogens with one attached hydrogen (secondary N) is 4. The van der Waals surface area contributed by atoms with Crippen molar-refractivity contribution >= 4 is 45.9 Å². The van der Waals surface area contributed by atoms with Gasteiger partial charge in [-0.3, -0.25) is 0 Å². The van der Waals surface area contributed by atoms with Crippen LogP contribution in [0.15, 0.2) is 49.1 Å². The number of methoxy groups -OCH3 is 2. The lowest BCUT2D eigenvalue weighted by molar-refractivity contribution is 0.207. The summed E-state index contributed by atoms with van der Waals surface area (Å²) in [6, 6.07) is 11.1. The maximum atomic E-state index is 10.4. The molecule has 0 amide bonds. The van der Waals surface area contributed by atoms with Crippen molar-refractivity contribution < 1.29 is 29.9 Å². The van der Waals surface area contributed by atoms with E-state index in [1.165, 1.54) is 14.2 Å². The van der Waals surface area contributed by atoms with Gasteiger partial charge in [-0.05, 0) is 52.7 Å². The number of nitrogens with zero attached hydrogens (tertiary/aromatic N) is 8. The number of aromatic nitrogens is 8. The van der Waals surface area contributed by atoms with Gasteiger partial charge in [-0.15, -0.1) is 0 Å². The fraction of sp³-hybridized carbons (Fsp3) is 0.450. The van der Waals surface area contributed by atoms with Crippen molar-refractivity contribution in [1.82, 2.24) is 39.0 Å². The van der Waals surface area contributed by atoms with Crippen LogP contribution >= 0.6 is 0 Å². The molecule has 0 aliphatic heterocycles. The van der Waals surface area contributed by atoms with Gasteiger partial charge in [0.2, 0.25) is 11.9 Å². The molecular formula is C40H56N12O6. The van der Waals surface area contributed by atoms with Gasteiger partial charge in [-0.1, -0.05) is 38.1 Å². The summed E-state index contributed by atoms with van der Waals surface area (Å²) in [4.78, 5) is 27.2. The van der Waals surface area contributed by atoms with Gasteiger partial charge in [0.25, 0.3) is 0 Å². The summed E-state index contributed by atoms with van der Waals surface area (Å²) in [6.07, 6.45) is 4.39. The molecule has 312 valence electrons. The minimum atomic E-state index is -0.529. The van der Waals surface area contributed by atoms with E-state index in [0.29, 0.717) is 89.0 Å². The molecule has 6 rings (SSSR count). The topological polar surface area (TPSA) is 235 Å². The quantitative estimate of drug-likeness (QED) is 0.0510. The van der Waals surface area contributed by atoms with Crippen LogP contribution in [0.2, 0.25) is 0 Å². The van der Waals surface area contributed by atoms with Crippen LogP contribution in [-0.2, 0) is 13.1 Å². The summed E-state index contributed by atoms with van der Waals surface area (Å²) >= 11 is 0. The highest BCUT2D eigenvalue weighted by atomic mass is 16.5. The summed E-state index contributed by atoms with van der Waals surface area (Å²) in [7, 11) is 3.03. The molecule has 2 unspecified atom stereocenters. The highest BCUT2D eigenvalue weighted by Gasteiger charge is 2.19. The molecule has 8 N–H and O–H groups in total. The number of benzene rings is 2. The first-order valence-corrected chi connectivity index (χ1v) is 19.4. The Balaban J connectivity index is 0.000000221. The van der Waals surface area contributed by atoms with Crippen LogP contribution in [0.1, 0.15) is 77.6 Å². The predicted octanol–water partition coefficient (Wildman–Crippen LogP) is 5.83. The predicted molar refractivity (Wildman–Crippen MR) is 225 cm³/mol. The van der Waals surface area contributed by atoms with Crippen LogP contribution in [-0.4, -0.2) is 99.0 Å². The molecule has 0 saturated carbocycles. The van der Waals surface area contributed by atoms with E-state index >= 15 is 0 Å². The Kier molecular flexibility index (Phi) is 14.7. The monoisotopic (exact) mass is 800 g/mol. The number of phenols is 2. The second kappa shape index (κ2) is 19.8. The Morgan fingerprint density at radius 2 is 1.05 bits per heavy atom. The Morgan fingerprint density at radius 3 is 1.45 bits per heavy atom. The zero-order chi connectivity index (χ0) is 41.9. The Bertz CT molecular complexity index is 2250. The second-order valence-corrected chi connectivity index (χ2v) is 14.1. The molecule has 0 bridgehead atoms. The number of hydrogen-bond acceptors (Lipinski definition) is 16. The van der Waals surface area contributed by atoms with Gasteiger partial charge in [0.1, 0.15) is 0 Å². The molecule has 0 radical (unpaired) electrons. The van der Waals surface area contributed by atoms with Crippen molar-refractivity contribution in [3.63, 3.8) is 0 Å². The number of aliphatic hydroxyl groups excluding tert-OH is 2. The van der Waals surface area contributed by atoms with E-state index in [4.69, 9.17) is 9.47 Å². The molecule has 4 aromatic heterocycles. The van der Waals surface area contributed by atoms with Crippen LogP contribution < -0.4 is 30.7 Å². The third-order valence-corrected chi connectivity index (χ3v) is 9.34. The summed E-state index contributed by atoms with van der Waals surface area (Å²) in [5.74, 6) is 2.91. The third kappa shape index (κ3) is 10.2. The molecule has 6 aromatic rings. The second-order valence-electron chi connectivity index (χ2n) is 14.1. The number of aliphatic hydroxyl groups is 2. The Hall–Kier alpha value is -6.14. The molecule has 0 fully saturated rings. The van der Waals surface area contributed by atoms with E-state index < -0.39 is 12.2 Å². The zero-order valence-corrected chi connectivity index (χ0v) is 34.4. The van der Waals surface area contributed by atoms with E-state index in [2.05, 4.69) is 69.6 Å². The number of fused-ring (bicyclic) bond motifs is 2. The highest BCUT2D eigenvalue weighted by Crippen LogP contribution is 2.33. The van der Waals surface area contributed by atoms with Crippen molar-refractivity contribution in [3.05, 3.63) is 60.2 Å². The van der Waals surface area contributed by atoms with E-state index in [9.17, 15) is 20.4 Å². The largest absolute Gasteiger partial charge is 0.504 e. The molecule has 2 aromatic carbocycles. The van der Waals surface area contributed by atoms with Gasteiger partial charge in [-0.25, -0.2) is 9.97 Å². The van der Waals surface area contributed by atoms with Crippen LogP contribution in [0.25, 0.3) is 22.3 Å². The first kappa shape index (κ1) is 43.0. The molecular weight excluding hydrogens is 745 g/mol. The number of imidazole rings is 2. The maximum absolute atomic E-state index is 10.4. The fourth-order valence-electron chi connectivity index (χ4n) is 6.15. The van der Waals surface area contributed by atoms with Crippen molar-refractivity contribution in [2.24, 2.45) is 0 Å². The average Bonchev–Trinajstić information content (AvgIpc) is 3.84. The molecule has 0 spiro atoms. The molecule has 4 heterocycles. The van der Waals surface area contributed by atoms with E-state index in [1.54, 1.807) is 38.6 Å². The normalized spacial score (nSPS) is 12.3. The number of hydrogen-bond donors (Lipinski definition) is 8. The minimum absolute atomic E-state index is 0.0861. The molecule has 0 aliphatic carbocycles. The van der Waals surface area contributed by atoms with Crippen molar-refractivity contribution in [1.29, 1.82) is 0 Å². The SMILES string of the molecule is CCC(CC)n1cnc2c(NCc3cccc(OC)c3O)nc(NCC(C)O)nc21.COc1cccc(CNc2nc(NCC(C)O)nc3c2ncn3C(C)C)c1O. The van der Waals surface area contributed by atoms with Gasteiger partial charge in [0, 0.05) is 49.4 Å². The summed E-state index contributed by atoms with van der Waals surface area (Å²) in [5, 5.41) is 52.4. The third-order valence-electron chi connectivity index (χ3n) is 9.34. The van der Waals surface area contributed by atoms with Crippen LogP contribution in [0, 0.1) is 0 Å². The Morgan fingerprint density at radius 1 is 0.621 bits per heavy atom. The molecule has 0 aliphatic rings. The number of anilines is 4. The average molecular weight is 801 g/mol. The van der Waals surface area contributed by atoms with E-state index in [0.717, 1.165) is 18.5 Å². The number of phenolic OH excluding ortho intramolecular Hbond substituents is 2. The lowest BCUT2D eigenvalue weighted by Gasteiger charge is -2.16. The van der Waals surface area contributed by atoms with Crippen molar-refractivity contribution in [2.75, 3.05) is 48.6 Å². The highest BCUT2D eigenvalue weighted by molar-refractivity contribution is 5.85. The van der Waals surface area contributed by atoms with Gasteiger partial charge >= 0.3 is 0 Å². The molecule has 0 saturated heterocycles. The summed E-state index contributed by atoms with van der Waals surface area (Å²) in [6.45, 7) is 13.1. The first-order chi connectivity index (χ1) is 27.9. The summed E-state index contributed by atoms with van der Waals surface area (Å²) < 4.78 is 14.4. The molecule has 58 heavy (non-hydrogen) atoms. The zero-order valence-electron chi connectivity index (χ0n) is 34.4. The lowest BCUT2D eigenvalue weighted by atomic mass is 10.2. The van der Waals surface area contributed by atoms with E-state index in [-0.39, 0.29) is 23.6 Å². The molecule has 18 heteroatoms. The number of rotatable bonds is 18. The molecule has 18 nitrogen and oxygen atoms in total. The number of ether oxygens (including phenoxy) is 2. The van der Waals surface area contributed by atoms with Gasteiger partial charge in [-0.2, -0.15) is 19.9 Å². The van der Waals surface area contributed by atoms with Crippen LogP contribution in [0.3, 0.4) is 0 Å². The van der Waals surface area contributed by atoms with Crippen LogP contribution in [0.4, 0.5) is 23.5 Å². The maximum Gasteiger partial charge on any atom is 0.226 e. The van der Waals surface area contributed by atoms with Crippen LogP contribution in [0.5, 0.6) is 23.0 Å². The standard InChI is InChI=1S/C21H30N6O3.C19H26N6O3/c1-5-15(6-2)27-12-24-17-19(25-21(26-20(17)27)23-10-13(3)28)22-11-14-8-7-9-16(30-4)18(14)29;1-11(2)25-10-22-15-17(23-19(24-18(15)25)21-8-12(3)26)20-9-13-6-5-7-14(28-4)16(13)27/h7-9,12-13,15,28-29H,5-6,10-11H2,1-4H3,(H2,22,23,25,26);5-7,10-12,26-27H,8-9H2,1-4H3,(H2,20,21,23,24). The van der Waals surface area contributed by atoms with Gasteiger partial charge in [0.05, 0.1) is 39.1 Å². The first-order valence-electron chi connectivity index (χ1n) is 19.4. The van der Waals surface area contributed by atoms with E-state index in [1.807, 2.05) is 42.7 Å². The van der Waals surface area contributed by atoms with Gasteiger partial charge < -0.3 is 60.3 Å². The Labute approximate surface area is 337 Å². The smallest absolute Gasteiger partial charge is 0.226 e. The van der Waals surface area contributed by atoms with Crippen molar-refractivity contribution in [3.8, 4) is 23.0 Å². The fourth-order valence-corrected chi connectivity index (χ4v) is 6.15. The lowest BCUT2D eigenvalue weighted by Crippen LogP contribution is -2.18. The van der Waals surface area contributed by atoms with Gasteiger partial charge in [0.15, 0.2) is 57.0 Å². The minimum Gasteiger partial charge on any atom is -0.504 e. The van der Waals surface area contributed by atoms with Crippen molar-refractivity contribution in [2.45, 2.75) is 91.8 Å². The number of aromatic hydroxyl groups is 2. The molecule has 2 atom stereocenters. The summed E-state index contributed by atoms with van der Waals surface area (Å²) in [5.41, 5.74) is 4.07. The number of para-hydroxylation sites is 2.